The van der Waals surface area contributed by atoms with Gasteiger partial charge in [-0.3, -0.25) is 9.78 Å². The van der Waals surface area contributed by atoms with E-state index in [1.165, 1.54) is 0 Å². The molecule has 1 fully saturated rings. The number of carbonyl (C=O) groups excluding carboxylic acids is 1. The van der Waals surface area contributed by atoms with Gasteiger partial charge in [0.15, 0.2) is 0 Å². The lowest BCUT2D eigenvalue weighted by Gasteiger charge is -2.26. The van der Waals surface area contributed by atoms with Crippen molar-refractivity contribution >= 4 is 11.6 Å². The maximum absolute atomic E-state index is 12.2. The maximum Gasteiger partial charge on any atom is 0.229 e. The van der Waals surface area contributed by atoms with Crippen molar-refractivity contribution in [2.24, 2.45) is 5.92 Å². The highest BCUT2D eigenvalue weighted by Crippen LogP contribution is 2.18. The van der Waals surface area contributed by atoms with Crippen molar-refractivity contribution in [3.8, 4) is 0 Å². The number of aromatic nitrogens is 1. The molecule has 1 aromatic rings. The zero-order valence-electron chi connectivity index (χ0n) is 9.52. The summed E-state index contributed by atoms with van der Waals surface area (Å²) in [6.07, 6.45) is 5.30. The van der Waals surface area contributed by atoms with Gasteiger partial charge in [-0.15, -0.1) is 0 Å². The van der Waals surface area contributed by atoms with E-state index >= 15 is 0 Å². The van der Waals surface area contributed by atoms with Gasteiger partial charge in [0.1, 0.15) is 0 Å². The first-order valence-corrected chi connectivity index (χ1v) is 5.67. The van der Waals surface area contributed by atoms with Crippen LogP contribution in [0.5, 0.6) is 0 Å². The summed E-state index contributed by atoms with van der Waals surface area (Å²) in [6.45, 7) is 1.88. The van der Waals surface area contributed by atoms with Crippen LogP contribution in [0.3, 0.4) is 0 Å². The Bertz CT molecular complexity index is 347. The first-order chi connectivity index (χ1) is 7.79. The van der Waals surface area contributed by atoms with Crippen molar-refractivity contribution in [1.82, 2.24) is 10.3 Å². The largest absolute Gasteiger partial charge is 0.317 e. The van der Waals surface area contributed by atoms with Crippen LogP contribution in [-0.4, -0.2) is 31.0 Å². The molecule has 1 aliphatic heterocycles. The lowest BCUT2D eigenvalue weighted by Crippen LogP contribution is -2.39. The Morgan fingerprint density at radius 1 is 1.50 bits per heavy atom. The highest BCUT2D eigenvalue weighted by Gasteiger charge is 2.24. The van der Waals surface area contributed by atoms with E-state index in [0.717, 1.165) is 31.6 Å². The van der Waals surface area contributed by atoms with Gasteiger partial charge in [0.25, 0.3) is 0 Å². The molecule has 1 amide bonds. The molecule has 0 saturated carbocycles. The Morgan fingerprint density at radius 2 is 2.25 bits per heavy atom. The lowest BCUT2D eigenvalue weighted by molar-refractivity contribution is -0.122. The van der Waals surface area contributed by atoms with E-state index in [1.807, 2.05) is 19.2 Å². The van der Waals surface area contributed by atoms with E-state index in [9.17, 15) is 4.79 Å². The van der Waals surface area contributed by atoms with Crippen molar-refractivity contribution in [2.45, 2.75) is 12.8 Å². The third-order valence-electron chi connectivity index (χ3n) is 3.05. The van der Waals surface area contributed by atoms with Crippen LogP contribution in [0.4, 0.5) is 5.69 Å². The van der Waals surface area contributed by atoms with Gasteiger partial charge in [0, 0.05) is 19.2 Å². The van der Waals surface area contributed by atoms with Crippen molar-refractivity contribution in [2.75, 3.05) is 25.0 Å². The summed E-state index contributed by atoms with van der Waals surface area (Å²) in [5.74, 6) is 0.362. The van der Waals surface area contributed by atoms with E-state index in [0.29, 0.717) is 0 Å². The minimum Gasteiger partial charge on any atom is -0.317 e. The predicted molar refractivity (Wildman–Crippen MR) is 63.2 cm³/mol. The Hall–Kier alpha value is -1.42. The second kappa shape index (κ2) is 5.07. The van der Waals surface area contributed by atoms with Gasteiger partial charge in [-0.2, -0.15) is 0 Å². The summed E-state index contributed by atoms with van der Waals surface area (Å²) in [6, 6.07) is 3.76. The highest BCUT2D eigenvalue weighted by molar-refractivity contribution is 5.94. The Kier molecular flexibility index (Phi) is 3.51. The minimum atomic E-state index is 0.159. The van der Waals surface area contributed by atoms with E-state index in [-0.39, 0.29) is 11.8 Å². The average Bonchev–Trinajstić information content (AvgIpc) is 2.39. The van der Waals surface area contributed by atoms with Gasteiger partial charge in [-0.05, 0) is 38.1 Å². The second-order valence-corrected chi connectivity index (χ2v) is 4.13. The number of pyridine rings is 1. The number of nitrogens with zero attached hydrogens (tertiary/aromatic N) is 2. The molecular weight excluding hydrogens is 202 g/mol. The molecule has 1 N–H and O–H groups in total. The van der Waals surface area contributed by atoms with Gasteiger partial charge in [-0.25, -0.2) is 0 Å². The molecule has 0 aromatic carbocycles. The van der Waals surface area contributed by atoms with Crippen molar-refractivity contribution in [3.63, 3.8) is 0 Å². The summed E-state index contributed by atoms with van der Waals surface area (Å²) in [5.41, 5.74) is 0.867. The smallest absolute Gasteiger partial charge is 0.229 e. The summed E-state index contributed by atoms with van der Waals surface area (Å²) < 4.78 is 0. The standard InChI is InChI=1S/C12H17N3O/c1-15(11-3-2-6-14-9-11)12(16)10-4-7-13-8-5-10/h2-3,6,9-10,13H,4-5,7-8H2,1H3. The van der Waals surface area contributed by atoms with Crippen LogP contribution in [0, 0.1) is 5.92 Å². The number of anilines is 1. The summed E-state index contributed by atoms with van der Waals surface area (Å²) in [4.78, 5) is 17.9. The molecule has 0 atom stereocenters. The van der Waals surface area contributed by atoms with E-state index < -0.39 is 0 Å². The molecular formula is C12H17N3O. The fraction of sp³-hybridized carbons (Fsp3) is 0.500. The topological polar surface area (TPSA) is 45.2 Å². The molecule has 1 aliphatic rings. The van der Waals surface area contributed by atoms with Crippen LogP contribution < -0.4 is 10.2 Å². The molecule has 0 unspecified atom stereocenters. The van der Waals surface area contributed by atoms with Crippen LogP contribution in [0.25, 0.3) is 0 Å². The van der Waals surface area contributed by atoms with Crippen molar-refractivity contribution < 1.29 is 4.79 Å². The molecule has 1 aromatic heterocycles. The lowest BCUT2D eigenvalue weighted by atomic mass is 9.96. The number of piperidine rings is 1. The first kappa shape index (κ1) is 11.1. The number of nitrogens with one attached hydrogen (secondary N) is 1. The summed E-state index contributed by atoms with van der Waals surface area (Å²) in [7, 11) is 1.82. The summed E-state index contributed by atoms with van der Waals surface area (Å²) in [5, 5.41) is 3.27. The average molecular weight is 219 g/mol. The maximum atomic E-state index is 12.2. The normalized spacial score (nSPS) is 17.1. The zero-order valence-corrected chi connectivity index (χ0v) is 9.52. The molecule has 1 saturated heterocycles. The van der Waals surface area contributed by atoms with Gasteiger partial charge in [0.2, 0.25) is 5.91 Å². The van der Waals surface area contributed by atoms with E-state index in [1.54, 1.807) is 17.3 Å². The van der Waals surface area contributed by atoms with Crippen LogP contribution in [0.1, 0.15) is 12.8 Å². The zero-order chi connectivity index (χ0) is 11.4. The quantitative estimate of drug-likeness (QED) is 0.808. The third-order valence-corrected chi connectivity index (χ3v) is 3.05. The highest BCUT2D eigenvalue weighted by atomic mass is 16.2. The molecule has 0 bridgehead atoms. The second-order valence-electron chi connectivity index (χ2n) is 4.13. The number of rotatable bonds is 2. The molecule has 0 radical (unpaired) electrons. The Morgan fingerprint density at radius 3 is 2.88 bits per heavy atom. The number of hydrogen-bond acceptors (Lipinski definition) is 3. The van der Waals surface area contributed by atoms with Crippen LogP contribution in [0.15, 0.2) is 24.5 Å². The fourth-order valence-corrected chi connectivity index (χ4v) is 2.02. The minimum absolute atomic E-state index is 0.159. The molecule has 2 heterocycles. The van der Waals surface area contributed by atoms with Gasteiger partial charge in [0.05, 0.1) is 11.9 Å². The Balaban J connectivity index is 2.04. The number of hydrogen-bond donors (Lipinski definition) is 1. The van der Waals surface area contributed by atoms with Crippen molar-refractivity contribution in [1.29, 1.82) is 0 Å². The first-order valence-electron chi connectivity index (χ1n) is 5.67. The van der Waals surface area contributed by atoms with Crippen LogP contribution in [0.2, 0.25) is 0 Å². The third kappa shape index (κ3) is 2.39. The molecule has 16 heavy (non-hydrogen) atoms. The van der Waals surface area contributed by atoms with Crippen LogP contribution >= 0.6 is 0 Å². The molecule has 86 valence electrons. The molecule has 2 rings (SSSR count). The van der Waals surface area contributed by atoms with Crippen LogP contribution in [-0.2, 0) is 4.79 Å². The molecule has 4 heteroatoms. The van der Waals surface area contributed by atoms with Gasteiger partial charge >= 0.3 is 0 Å². The number of carbonyl (C=O) groups is 1. The molecule has 0 spiro atoms. The van der Waals surface area contributed by atoms with E-state index in [2.05, 4.69) is 10.3 Å². The van der Waals surface area contributed by atoms with E-state index in [4.69, 9.17) is 0 Å². The van der Waals surface area contributed by atoms with Gasteiger partial charge in [-0.1, -0.05) is 0 Å². The predicted octanol–water partition coefficient (Wildman–Crippen LogP) is 1.04. The molecule has 0 aliphatic carbocycles. The molecule has 4 nitrogen and oxygen atoms in total. The SMILES string of the molecule is CN(C(=O)C1CCNCC1)c1cccnc1. The van der Waals surface area contributed by atoms with Gasteiger partial charge < -0.3 is 10.2 Å². The Labute approximate surface area is 95.7 Å². The fourth-order valence-electron chi connectivity index (χ4n) is 2.02. The van der Waals surface area contributed by atoms with Crippen molar-refractivity contribution in [3.05, 3.63) is 24.5 Å². The monoisotopic (exact) mass is 219 g/mol. The summed E-state index contributed by atoms with van der Waals surface area (Å²) >= 11 is 0. The number of amides is 1.